The lowest BCUT2D eigenvalue weighted by molar-refractivity contribution is 0.606. The molecule has 0 bridgehead atoms. The topological polar surface area (TPSA) is 49.3 Å². The Morgan fingerprint density at radius 1 is 1.21 bits per heavy atom. The van der Waals surface area contributed by atoms with Crippen molar-refractivity contribution in [2.45, 2.75) is 33.1 Å². The highest BCUT2D eigenvalue weighted by Gasteiger charge is 2.06. The van der Waals surface area contributed by atoms with Crippen molar-refractivity contribution in [1.29, 1.82) is 0 Å². The number of aliphatic imine (C=N–C) groups is 1. The molecular formula is C18H25FN4S. The Morgan fingerprint density at radius 2 is 1.92 bits per heavy atom. The molecule has 0 radical (unpaired) electrons. The molecule has 0 saturated carbocycles. The van der Waals surface area contributed by atoms with Crippen molar-refractivity contribution in [3.8, 4) is 0 Å². The summed E-state index contributed by atoms with van der Waals surface area (Å²) in [6.07, 6.45) is 2.48. The van der Waals surface area contributed by atoms with Crippen molar-refractivity contribution in [3.05, 3.63) is 51.2 Å². The first kappa shape index (κ1) is 18.4. The summed E-state index contributed by atoms with van der Waals surface area (Å²) >= 11 is 1.76. The van der Waals surface area contributed by atoms with Crippen LogP contribution in [-0.2, 0) is 19.3 Å². The molecule has 6 heteroatoms. The zero-order valence-corrected chi connectivity index (χ0v) is 15.3. The molecule has 0 spiro atoms. The summed E-state index contributed by atoms with van der Waals surface area (Å²) < 4.78 is 13.6. The number of aryl methyl sites for hydroxylation is 2. The Balaban J connectivity index is 1.73. The van der Waals surface area contributed by atoms with E-state index in [1.54, 1.807) is 24.5 Å². The maximum absolute atomic E-state index is 13.6. The molecular weight excluding hydrogens is 323 g/mol. The van der Waals surface area contributed by atoms with Gasteiger partial charge in [-0.2, -0.15) is 0 Å². The fourth-order valence-corrected chi connectivity index (χ4v) is 3.47. The molecule has 0 aliphatic carbocycles. The zero-order chi connectivity index (χ0) is 17.4. The van der Waals surface area contributed by atoms with Gasteiger partial charge < -0.3 is 10.6 Å². The number of rotatable bonds is 7. The summed E-state index contributed by atoms with van der Waals surface area (Å²) in [4.78, 5) is 10.1. The first-order valence-electron chi connectivity index (χ1n) is 8.27. The number of hydrogen-bond donors (Lipinski definition) is 2. The Labute approximate surface area is 147 Å². The summed E-state index contributed by atoms with van der Waals surface area (Å²) in [5.74, 6) is 0.573. The molecule has 0 atom stereocenters. The van der Waals surface area contributed by atoms with E-state index < -0.39 is 0 Å². The van der Waals surface area contributed by atoms with Crippen LogP contribution in [0, 0.1) is 12.7 Å². The van der Waals surface area contributed by atoms with Gasteiger partial charge in [-0.15, -0.1) is 11.3 Å². The van der Waals surface area contributed by atoms with E-state index in [1.165, 1.54) is 16.6 Å². The lowest BCUT2D eigenvalue weighted by Crippen LogP contribution is -2.39. The molecule has 4 nitrogen and oxygen atoms in total. The highest BCUT2D eigenvalue weighted by molar-refractivity contribution is 7.11. The Bertz CT molecular complexity index is 681. The molecule has 1 heterocycles. The third-order valence-electron chi connectivity index (χ3n) is 3.77. The van der Waals surface area contributed by atoms with Gasteiger partial charge in [0.1, 0.15) is 5.82 Å². The first-order valence-corrected chi connectivity index (χ1v) is 9.08. The smallest absolute Gasteiger partial charge is 0.191 e. The molecule has 0 fully saturated rings. The molecule has 0 unspecified atom stereocenters. The SMILES string of the molecule is CCc1nc(CCNC(=NC)NCCc2ccccc2F)sc1C. The molecule has 1 aromatic heterocycles. The van der Waals surface area contributed by atoms with Crippen LogP contribution in [-0.4, -0.2) is 31.1 Å². The van der Waals surface area contributed by atoms with Crippen molar-refractivity contribution in [1.82, 2.24) is 15.6 Å². The van der Waals surface area contributed by atoms with Crippen molar-refractivity contribution >= 4 is 17.3 Å². The highest BCUT2D eigenvalue weighted by atomic mass is 32.1. The largest absolute Gasteiger partial charge is 0.356 e. The van der Waals surface area contributed by atoms with Gasteiger partial charge in [-0.3, -0.25) is 4.99 Å². The van der Waals surface area contributed by atoms with Gasteiger partial charge in [-0.1, -0.05) is 25.1 Å². The van der Waals surface area contributed by atoms with Crippen LogP contribution in [0.5, 0.6) is 0 Å². The summed E-state index contributed by atoms with van der Waals surface area (Å²) in [7, 11) is 1.74. The number of halogens is 1. The van der Waals surface area contributed by atoms with Gasteiger partial charge in [0.05, 0.1) is 10.7 Å². The van der Waals surface area contributed by atoms with Crippen molar-refractivity contribution < 1.29 is 4.39 Å². The van der Waals surface area contributed by atoms with E-state index in [4.69, 9.17) is 0 Å². The van der Waals surface area contributed by atoms with Crippen LogP contribution in [0.1, 0.15) is 28.1 Å². The number of hydrogen-bond acceptors (Lipinski definition) is 3. The maximum atomic E-state index is 13.6. The molecule has 2 N–H and O–H groups in total. The second-order valence-corrected chi connectivity index (χ2v) is 6.77. The molecule has 0 amide bonds. The number of aromatic nitrogens is 1. The predicted molar refractivity (Wildman–Crippen MR) is 99.4 cm³/mol. The van der Waals surface area contributed by atoms with E-state index in [-0.39, 0.29) is 5.82 Å². The Kier molecular flexibility index (Phi) is 7.18. The molecule has 0 saturated heterocycles. The normalized spacial score (nSPS) is 11.6. The number of thiazole rings is 1. The van der Waals surface area contributed by atoms with Crippen LogP contribution >= 0.6 is 11.3 Å². The summed E-state index contributed by atoms with van der Waals surface area (Å²) in [5, 5.41) is 7.64. The van der Waals surface area contributed by atoms with E-state index in [0.29, 0.717) is 18.5 Å². The van der Waals surface area contributed by atoms with Gasteiger partial charge in [-0.05, 0) is 31.4 Å². The molecule has 2 rings (SSSR count). The lowest BCUT2D eigenvalue weighted by Gasteiger charge is -2.11. The molecule has 130 valence electrons. The molecule has 2 aromatic rings. The third kappa shape index (κ3) is 5.30. The van der Waals surface area contributed by atoms with Gasteiger partial charge in [-0.25, -0.2) is 9.37 Å². The highest BCUT2D eigenvalue weighted by Crippen LogP contribution is 2.17. The molecule has 24 heavy (non-hydrogen) atoms. The Hall–Kier alpha value is -1.95. The average Bonchev–Trinajstić information content (AvgIpc) is 2.95. The van der Waals surface area contributed by atoms with Gasteiger partial charge in [0.2, 0.25) is 0 Å². The van der Waals surface area contributed by atoms with Gasteiger partial charge >= 0.3 is 0 Å². The van der Waals surface area contributed by atoms with Crippen LogP contribution < -0.4 is 10.6 Å². The Morgan fingerprint density at radius 3 is 2.54 bits per heavy atom. The number of guanidine groups is 1. The van der Waals surface area contributed by atoms with Crippen LogP contribution in [0.2, 0.25) is 0 Å². The molecule has 0 aliphatic rings. The third-order valence-corrected chi connectivity index (χ3v) is 4.84. The van der Waals surface area contributed by atoms with Crippen molar-refractivity contribution in [2.24, 2.45) is 4.99 Å². The average molecular weight is 348 g/mol. The second kappa shape index (κ2) is 9.37. The minimum Gasteiger partial charge on any atom is -0.356 e. The number of nitrogens with zero attached hydrogens (tertiary/aromatic N) is 2. The fraction of sp³-hybridized carbons (Fsp3) is 0.444. The minimum atomic E-state index is -0.159. The predicted octanol–water partition coefficient (Wildman–Crippen LogP) is 3.10. The van der Waals surface area contributed by atoms with Crippen LogP contribution in [0.25, 0.3) is 0 Å². The maximum Gasteiger partial charge on any atom is 0.191 e. The van der Waals surface area contributed by atoms with E-state index in [1.807, 2.05) is 12.1 Å². The summed E-state index contributed by atoms with van der Waals surface area (Å²) in [6.45, 7) is 5.66. The quantitative estimate of drug-likeness (QED) is 0.597. The first-order chi connectivity index (χ1) is 11.6. The molecule has 1 aromatic carbocycles. The number of nitrogens with one attached hydrogen (secondary N) is 2. The van der Waals surface area contributed by atoms with Gasteiger partial charge in [0.15, 0.2) is 5.96 Å². The van der Waals surface area contributed by atoms with E-state index in [9.17, 15) is 4.39 Å². The van der Waals surface area contributed by atoms with Crippen molar-refractivity contribution in [3.63, 3.8) is 0 Å². The van der Waals surface area contributed by atoms with E-state index in [0.717, 1.165) is 30.4 Å². The van der Waals surface area contributed by atoms with Gasteiger partial charge in [0.25, 0.3) is 0 Å². The number of benzene rings is 1. The van der Waals surface area contributed by atoms with Crippen molar-refractivity contribution in [2.75, 3.05) is 20.1 Å². The van der Waals surface area contributed by atoms with Gasteiger partial charge in [0, 0.05) is 31.4 Å². The summed E-state index contributed by atoms with van der Waals surface area (Å²) in [6, 6.07) is 6.86. The standard InChI is InChI=1S/C18H25FN4S/c1-4-16-13(2)24-17(23-16)10-12-22-18(20-3)21-11-9-14-7-5-6-8-15(14)19/h5-8H,4,9-12H2,1-3H3,(H2,20,21,22). The van der Waals surface area contributed by atoms with Crippen LogP contribution in [0.15, 0.2) is 29.3 Å². The molecule has 0 aliphatic heterocycles. The lowest BCUT2D eigenvalue weighted by atomic mass is 10.1. The summed E-state index contributed by atoms with van der Waals surface area (Å²) in [5.41, 5.74) is 1.91. The fourth-order valence-electron chi connectivity index (χ4n) is 2.45. The van der Waals surface area contributed by atoms with E-state index >= 15 is 0 Å². The van der Waals surface area contributed by atoms with E-state index in [2.05, 4.69) is 34.5 Å². The second-order valence-electron chi connectivity index (χ2n) is 5.48. The minimum absolute atomic E-state index is 0.159. The zero-order valence-electron chi connectivity index (χ0n) is 14.5. The van der Waals surface area contributed by atoms with Crippen LogP contribution in [0.3, 0.4) is 0 Å². The monoisotopic (exact) mass is 348 g/mol. The van der Waals surface area contributed by atoms with Crippen LogP contribution in [0.4, 0.5) is 4.39 Å².